The number of urea groups is 1. The van der Waals surface area contributed by atoms with Gasteiger partial charge in [-0.2, -0.15) is 0 Å². The third-order valence-corrected chi connectivity index (χ3v) is 12.0. The lowest BCUT2D eigenvalue weighted by Crippen LogP contribution is -2.76. The molecule has 4 saturated heterocycles. The Balaban J connectivity index is 1.08. The minimum atomic E-state index is -0.920. The summed E-state index contributed by atoms with van der Waals surface area (Å²) in [6.45, 7) is 9.33. The van der Waals surface area contributed by atoms with Crippen molar-refractivity contribution in [2.24, 2.45) is 7.05 Å². The maximum Gasteiger partial charge on any atom is 0.334 e. The van der Waals surface area contributed by atoms with E-state index >= 15 is 0 Å². The van der Waals surface area contributed by atoms with Crippen molar-refractivity contribution in [3.63, 3.8) is 0 Å². The Kier molecular flexibility index (Phi) is 11.5. The average molecular weight is 789 g/mol. The number of piperidine rings is 1. The van der Waals surface area contributed by atoms with Crippen molar-refractivity contribution in [1.82, 2.24) is 39.5 Å². The smallest absolute Gasteiger partial charge is 0.334 e. The normalized spacial score (nSPS) is 21.1. The number of phenolic OH excluding ortho intramolecular Hbond substituents is 1. The molecule has 0 unspecified atom stereocenters. The van der Waals surface area contributed by atoms with Gasteiger partial charge in [-0.3, -0.25) is 19.3 Å². The van der Waals surface area contributed by atoms with Gasteiger partial charge in [-0.05, 0) is 41.7 Å². The van der Waals surface area contributed by atoms with Crippen LogP contribution in [0.4, 0.5) is 4.79 Å². The summed E-state index contributed by atoms with van der Waals surface area (Å²) in [7, 11) is 1.92. The van der Waals surface area contributed by atoms with Crippen LogP contribution in [-0.4, -0.2) is 140 Å². The van der Waals surface area contributed by atoms with Crippen LogP contribution in [-0.2, 0) is 40.9 Å². The number of aromatic nitrogens is 1. The zero-order valence-corrected chi connectivity index (χ0v) is 33.0. The summed E-state index contributed by atoms with van der Waals surface area (Å²) in [6.07, 6.45) is 4.77. The van der Waals surface area contributed by atoms with Gasteiger partial charge in [-0.25, -0.2) is 14.8 Å². The van der Waals surface area contributed by atoms with Crippen LogP contribution in [0.25, 0.3) is 10.9 Å². The molecule has 2 atom stereocenters. The standard InChI is InChI=1S/C44H52N8O6/c1-3-18-50-30-40(54)51-38(25-31-12-14-35(53)15-13-31)43(56)49(29-39(51)52(50)44(57)45-26-32-8-5-4-6-9-32)27-33-10-7-11-36-37(28-46(2)41(33)36)42(55)48-19-16-34(17-20-48)47-21-23-58-24-22-47/h3-15,28,34,38-39,53H,1,16-27,29-30H2,2H3,(H,45,57)/t38-,39-/m0/s1. The summed E-state index contributed by atoms with van der Waals surface area (Å²) >= 11 is 0. The Morgan fingerprint density at radius 3 is 2.40 bits per heavy atom. The number of carbonyl (C=O) groups is 4. The van der Waals surface area contributed by atoms with Gasteiger partial charge in [0.1, 0.15) is 18.0 Å². The van der Waals surface area contributed by atoms with E-state index in [2.05, 4.69) is 16.8 Å². The number of fused-ring (bicyclic) bond motifs is 2. The molecule has 0 bridgehead atoms. The quantitative estimate of drug-likeness (QED) is 0.233. The van der Waals surface area contributed by atoms with Gasteiger partial charge in [0.15, 0.2) is 0 Å². The fraction of sp³-hybridized carbons (Fsp3) is 0.409. The number of phenols is 1. The predicted octanol–water partition coefficient (Wildman–Crippen LogP) is 3.56. The third-order valence-electron chi connectivity index (χ3n) is 12.0. The number of piperazine rings is 1. The van der Waals surface area contributed by atoms with Gasteiger partial charge in [-0.15, -0.1) is 6.58 Å². The molecule has 14 heteroatoms. The first kappa shape index (κ1) is 39.1. The van der Waals surface area contributed by atoms with Gasteiger partial charge in [0.2, 0.25) is 11.8 Å². The summed E-state index contributed by atoms with van der Waals surface area (Å²) in [5.74, 6) is -0.413. The van der Waals surface area contributed by atoms with Crippen molar-refractivity contribution in [2.75, 3.05) is 59.0 Å². The minimum absolute atomic E-state index is 0.00187. The van der Waals surface area contributed by atoms with Crippen molar-refractivity contribution in [1.29, 1.82) is 0 Å². The van der Waals surface area contributed by atoms with E-state index in [9.17, 15) is 24.3 Å². The Bertz CT molecular complexity index is 2140. The van der Waals surface area contributed by atoms with E-state index in [1.165, 1.54) is 0 Å². The van der Waals surface area contributed by atoms with Gasteiger partial charge in [0.25, 0.3) is 5.91 Å². The number of aromatic hydroxyl groups is 1. The second-order valence-electron chi connectivity index (χ2n) is 15.7. The first-order chi connectivity index (χ1) is 28.2. The molecule has 14 nitrogen and oxygen atoms in total. The topological polar surface area (TPSA) is 134 Å². The minimum Gasteiger partial charge on any atom is -0.508 e. The number of morpholine rings is 1. The fourth-order valence-corrected chi connectivity index (χ4v) is 9.16. The Hall–Kier alpha value is -5.70. The molecule has 5 amide bonds. The summed E-state index contributed by atoms with van der Waals surface area (Å²) < 4.78 is 7.51. The second kappa shape index (κ2) is 17.0. The number of aryl methyl sites for hydroxylation is 1. The lowest BCUT2D eigenvalue weighted by atomic mass is 9.98. The fourth-order valence-electron chi connectivity index (χ4n) is 9.16. The molecule has 8 rings (SSSR count). The van der Waals surface area contributed by atoms with Crippen LogP contribution in [0.2, 0.25) is 0 Å². The van der Waals surface area contributed by atoms with E-state index in [1.54, 1.807) is 50.2 Å². The molecule has 0 aliphatic carbocycles. The first-order valence-electron chi connectivity index (χ1n) is 20.2. The van der Waals surface area contributed by atoms with Crippen molar-refractivity contribution in [2.45, 2.75) is 50.6 Å². The van der Waals surface area contributed by atoms with Crippen molar-refractivity contribution >= 4 is 34.7 Å². The van der Waals surface area contributed by atoms with Crippen LogP contribution in [0.5, 0.6) is 5.75 Å². The molecule has 4 fully saturated rings. The second-order valence-corrected chi connectivity index (χ2v) is 15.7. The maximum absolute atomic E-state index is 14.7. The number of hydrogen-bond acceptors (Lipinski definition) is 8. The lowest BCUT2D eigenvalue weighted by Gasteiger charge is -2.55. The van der Waals surface area contributed by atoms with Gasteiger partial charge < -0.3 is 34.4 Å². The van der Waals surface area contributed by atoms with Crippen molar-refractivity contribution in [3.8, 4) is 5.75 Å². The zero-order chi connectivity index (χ0) is 40.3. The number of nitrogens with one attached hydrogen (secondary N) is 1. The lowest BCUT2D eigenvalue weighted by molar-refractivity contribution is -0.189. The number of ether oxygens (including phenoxy) is 1. The average Bonchev–Trinajstić information content (AvgIpc) is 3.59. The van der Waals surface area contributed by atoms with E-state index in [1.807, 2.05) is 71.2 Å². The molecule has 4 aliphatic heterocycles. The predicted molar refractivity (Wildman–Crippen MR) is 218 cm³/mol. The number of carbonyl (C=O) groups excluding carboxylic acids is 4. The summed E-state index contributed by atoms with van der Waals surface area (Å²) in [4.78, 5) is 64.9. The molecule has 0 spiro atoms. The maximum atomic E-state index is 14.7. The largest absolute Gasteiger partial charge is 0.508 e. The Morgan fingerprint density at radius 2 is 1.67 bits per heavy atom. The van der Waals surface area contributed by atoms with Crippen LogP contribution >= 0.6 is 0 Å². The van der Waals surface area contributed by atoms with Crippen LogP contribution < -0.4 is 5.32 Å². The number of hydrazine groups is 1. The molecule has 58 heavy (non-hydrogen) atoms. The monoisotopic (exact) mass is 788 g/mol. The SMILES string of the molecule is C=CCN1CC(=O)N2[C@@H](Cc3ccc(O)cc3)C(=O)N(Cc3cccc4c(C(=O)N5CCC(N6CCOCC6)CC5)cn(C)c34)C[C@@H]2N1C(=O)NCc1ccccc1. The molecule has 0 radical (unpaired) electrons. The molecule has 4 aromatic rings. The summed E-state index contributed by atoms with van der Waals surface area (Å²) in [6, 6.07) is 21.2. The van der Waals surface area contributed by atoms with Gasteiger partial charge in [0, 0.05) is 76.9 Å². The number of nitrogens with zero attached hydrogens (tertiary/aromatic N) is 7. The van der Waals surface area contributed by atoms with Gasteiger partial charge in [0.05, 0.1) is 37.4 Å². The van der Waals surface area contributed by atoms with E-state index in [-0.39, 0.29) is 62.6 Å². The number of hydrogen-bond donors (Lipinski definition) is 2. The third kappa shape index (κ3) is 7.91. The molecule has 4 aliphatic rings. The molecule has 1 aromatic heterocycles. The highest BCUT2D eigenvalue weighted by Crippen LogP contribution is 2.32. The van der Waals surface area contributed by atoms with E-state index in [0.29, 0.717) is 24.7 Å². The Labute approximate surface area is 338 Å². The molecule has 0 saturated carbocycles. The van der Waals surface area contributed by atoms with E-state index in [0.717, 1.165) is 66.7 Å². The summed E-state index contributed by atoms with van der Waals surface area (Å²) in [5.41, 5.74) is 4.02. The highest BCUT2D eigenvalue weighted by atomic mass is 16.5. The zero-order valence-electron chi connectivity index (χ0n) is 33.0. The number of amides is 5. The highest BCUT2D eigenvalue weighted by Gasteiger charge is 2.51. The van der Waals surface area contributed by atoms with Gasteiger partial charge in [-0.1, -0.05) is 66.7 Å². The first-order valence-corrected chi connectivity index (χ1v) is 20.2. The van der Waals surface area contributed by atoms with Crippen LogP contribution in [0, 0.1) is 0 Å². The highest BCUT2D eigenvalue weighted by molar-refractivity contribution is 6.07. The molecular formula is C44H52N8O6. The molecule has 3 aromatic carbocycles. The van der Waals surface area contributed by atoms with Crippen LogP contribution in [0.1, 0.15) is 39.9 Å². The van der Waals surface area contributed by atoms with Gasteiger partial charge >= 0.3 is 6.03 Å². The summed E-state index contributed by atoms with van der Waals surface area (Å²) in [5, 5.41) is 17.1. The van der Waals surface area contributed by atoms with Crippen LogP contribution in [0.3, 0.4) is 0 Å². The number of rotatable bonds is 10. The molecule has 5 heterocycles. The van der Waals surface area contributed by atoms with Crippen LogP contribution in [0.15, 0.2) is 91.6 Å². The van der Waals surface area contributed by atoms with E-state index < -0.39 is 18.2 Å². The number of benzene rings is 3. The Morgan fingerprint density at radius 1 is 0.931 bits per heavy atom. The number of para-hydroxylation sites is 1. The van der Waals surface area contributed by atoms with Crippen molar-refractivity contribution in [3.05, 3.63) is 114 Å². The number of likely N-dealkylation sites (tertiary alicyclic amines) is 1. The molecule has 304 valence electrons. The molecular weight excluding hydrogens is 737 g/mol. The van der Waals surface area contributed by atoms with E-state index in [4.69, 9.17) is 4.74 Å². The van der Waals surface area contributed by atoms with Crippen molar-refractivity contribution < 1.29 is 29.0 Å². The molecule has 2 N–H and O–H groups in total.